The summed E-state index contributed by atoms with van der Waals surface area (Å²) < 4.78 is 24.9. The molecule has 0 saturated heterocycles. The average Bonchev–Trinajstić information content (AvgIpc) is 2.39. The fourth-order valence-corrected chi connectivity index (χ4v) is 2.75. The van der Waals surface area contributed by atoms with E-state index >= 15 is 0 Å². The Morgan fingerprint density at radius 2 is 1.79 bits per heavy atom. The maximum Gasteiger partial charge on any atom is 0.211 e. The van der Waals surface area contributed by atoms with Crippen LogP contribution in [0.2, 0.25) is 0 Å². The van der Waals surface area contributed by atoms with Crippen molar-refractivity contribution in [2.24, 2.45) is 5.92 Å². The third-order valence-corrected chi connectivity index (χ3v) is 4.54. The summed E-state index contributed by atoms with van der Waals surface area (Å²) in [6.07, 6.45) is 0.610. The molecule has 4 nitrogen and oxygen atoms in total. The van der Waals surface area contributed by atoms with Gasteiger partial charge in [-0.3, -0.25) is 0 Å². The summed E-state index contributed by atoms with van der Waals surface area (Å²) in [7, 11) is -1.64. The van der Waals surface area contributed by atoms with Gasteiger partial charge in [0.05, 0.1) is 5.75 Å². The highest BCUT2D eigenvalue weighted by Gasteiger charge is 2.15. The highest BCUT2D eigenvalue weighted by molar-refractivity contribution is 7.89. The van der Waals surface area contributed by atoms with Gasteiger partial charge in [-0.05, 0) is 31.5 Å². The van der Waals surface area contributed by atoms with E-state index in [4.69, 9.17) is 0 Å². The molecular weight excluding hydrogens is 260 g/mol. The second-order valence-corrected chi connectivity index (χ2v) is 7.01. The summed E-state index contributed by atoms with van der Waals surface area (Å²) in [6.45, 7) is 5.02. The Morgan fingerprint density at radius 1 is 1.16 bits per heavy atom. The molecule has 0 aromatic heterocycles. The molecule has 5 heteroatoms. The minimum atomic E-state index is -3.09. The molecule has 0 radical (unpaired) electrons. The van der Waals surface area contributed by atoms with Gasteiger partial charge >= 0.3 is 0 Å². The van der Waals surface area contributed by atoms with Gasteiger partial charge in [0.1, 0.15) is 0 Å². The normalized spacial score (nSPS) is 13.7. The van der Waals surface area contributed by atoms with Crippen LogP contribution in [-0.2, 0) is 10.0 Å². The molecule has 1 rings (SSSR count). The molecule has 19 heavy (non-hydrogen) atoms. The summed E-state index contributed by atoms with van der Waals surface area (Å²) in [5.74, 6) is 0.624. The molecule has 1 aromatic carbocycles. The van der Waals surface area contributed by atoms with E-state index in [9.17, 15) is 8.42 Å². The van der Waals surface area contributed by atoms with Crippen LogP contribution in [0.3, 0.4) is 0 Å². The van der Waals surface area contributed by atoms with E-state index in [0.717, 1.165) is 0 Å². The van der Waals surface area contributed by atoms with Gasteiger partial charge in [0.25, 0.3) is 0 Å². The zero-order valence-electron chi connectivity index (χ0n) is 11.9. The zero-order chi connectivity index (χ0) is 14.3. The lowest BCUT2D eigenvalue weighted by molar-refractivity contribution is 0.412. The van der Waals surface area contributed by atoms with Gasteiger partial charge in [-0.25, -0.2) is 13.1 Å². The van der Waals surface area contributed by atoms with Crippen LogP contribution in [0.5, 0.6) is 0 Å². The molecule has 1 aromatic rings. The van der Waals surface area contributed by atoms with Gasteiger partial charge in [-0.1, -0.05) is 44.2 Å². The average molecular weight is 284 g/mol. The van der Waals surface area contributed by atoms with E-state index in [0.29, 0.717) is 18.9 Å². The van der Waals surface area contributed by atoms with Crippen LogP contribution >= 0.6 is 0 Å². The summed E-state index contributed by atoms with van der Waals surface area (Å²) in [4.78, 5) is 0. The number of rotatable bonds is 8. The first-order valence-corrected chi connectivity index (χ1v) is 8.31. The summed E-state index contributed by atoms with van der Waals surface area (Å²) in [5.41, 5.74) is 1.24. The van der Waals surface area contributed by atoms with Crippen LogP contribution in [0.25, 0.3) is 0 Å². The largest absolute Gasteiger partial charge is 0.310 e. The third-order valence-electron chi connectivity index (χ3n) is 3.09. The number of nitrogens with one attached hydrogen (secondary N) is 2. The minimum Gasteiger partial charge on any atom is -0.310 e. The Morgan fingerprint density at radius 3 is 2.32 bits per heavy atom. The Balaban J connectivity index is 2.49. The first-order chi connectivity index (χ1) is 8.96. The molecule has 0 amide bonds. The molecule has 0 aliphatic heterocycles. The van der Waals surface area contributed by atoms with Crippen molar-refractivity contribution >= 4 is 10.0 Å². The van der Waals surface area contributed by atoms with Crippen molar-refractivity contribution in [1.82, 2.24) is 10.0 Å². The van der Waals surface area contributed by atoms with Gasteiger partial charge in [-0.2, -0.15) is 0 Å². The molecule has 0 aliphatic rings. The van der Waals surface area contributed by atoms with Crippen molar-refractivity contribution in [1.29, 1.82) is 0 Å². The van der Waals surface area contributed by atoms with E-state index in [1.54, 1.807) is 0 Å². The smallest absolute Gasteiger partial charge is 0.211 e. The van der Waals surface area contributed by atoms with Crippen LogP contribution in [0.4, 0.5) is 0 Å². The summed E-state index contributed by atoms with van der Waals surface area (Å²) in [5, 5.41) is 3.44. The van der Waals surface area contributed by atoms with Gasteiger partial charge in [-0.15, -0.1) is 0 Å². The molecule has 108 valence electrons. The molecule has 2 N–H and O–H groups in total. The number of benzene rings is 1. The number of hydrogen-bond donors (Lipinski definition) is 2. The number of hydrogen-bond acceptors (Lipinski definition) is 3. The van der Waals surface area contributed by atoms with E-state index < -0.39 is 10.0 Å². The molecule has 0 aliphatic carbocycles. The Kier molecular flexibility index (Phi) is 6.48. The Bertz CT molecular complexity index is 458. The van der Waals surface area contributed by atoms with Crippen LogP contribution in [0, 0.1) is 5.92 Å². The van der Waals surface area contributed by atoms with Crippen LogP contribution in [-0.4, -0.2) is 27.8 Å². The van der Waals surface area contributed by atoms with E-state index in [2.05, 4.69) is 36.0 Å². The predicted octanol–water partition coefficient (Wildman–Crippen LogP) is 1.91. The summed E-state index contributed by atoms with van der Waals surface area (Å²) in [6, 6.07) is 10.5. The molecule has 0 fully saturated rings. The SMILES string of the molecule is CNS(=O)(=O)CCCNC(c1ccccc1)C(C)C. The van der Waals surface area contributed by atoms with Gasteiger partial charge < -0.3 is 5.32 Å². The van der Waals surface area contributed by atoms with Crippen molar-refractivity contribution in [3.05, 3.63) is 35.9 Å². The summed E-state index contributed by atoms with van der Waals surface area (Å²) >= 11 is 0. The zero-order valence-corrected chi connectivity index (χ0v) is 12.7. The van der Waals surface area contributed by atoms with Crippen LogP contribution in [0.15, 0.2) is 30.3 Å². The quantitative estimate of drug-likeness (QED) is 0.717. The topological polar surface area (TPSA) is 58.2 Å². The van der Waals surface area contributed by atoms with Crippen molar-refractivity contribution in [3.63, 3.8) is 0 Å². The Hall–Kier alpha value is -0.910. The van der Waals surface area contributed by atoms with E-state index in [1.165, 1.54) is 12.6 Å². The predicted molar refractivity (Wildman–Crippen MR) is 79.5 cm³/mol. The second kappa shape index (κ2) is 7.62. The van der Waals surface area contributed by atoms with Gasteiger partial charge in [0.15, 0.2) is 0 Å². The van der Waals surface area contributed by atoms with E-state index in [-0.39, 0.29) is 11.8 Å². The Labute approximate surface area is 116 Å². The first kappa shape index (κ1) is 16.1. The molecule has 0 bridgehead atoms. The molecule has 1 unspecified atom stereocenters. The molecule has 0 saturated carbocycles. The number of sulfonamides is 1. The first-order valence-electron chi connectivity index (χ1n) is 6.66. The standard InChI is InChI=1S/C14H24N2O2S/c1-12(2)14(13-8-5-4-6-9-13)16-10-7-11-19(17,18)15-3/h4-6,8-9,12,14-16H,7,10-11H2,1-3H3. The van der Waals surface area contributed by atoms with Gasteiger partial charge in [0, 0.05) is 6.04 Å². The van der Waals surface area contributed by atoms with Crippen molar-refractivity contribution in [3.8, 4) is 0 Å². The van der Waals surface area contributed by atoms with Crippen molar-refractivity contribution < 1.29 is 8.42 Å². The van der Waals surface area contributed by atoms with Crippen LogP contribution < -0.4 is 10.0 Å². The monoisotopic (exact) mass is 284 g/mol. The molecule has 0 spiro atoms. The molecular formula is C14H24N2O2S. The van der Waals surface area contributed by atoms with Gasteiger partial charge in [0.2, 0.25) is 10.0 Å². The fourth-order valence-electron chi connectivity index (χ4n) is 2.02. The third kappa shape index (κ3) is 5.72. The van der Waals surface area contributed by atoms with E-state index in [1.807, 2.05) is 18.2 Å². The second-order valence-electron chi connectivity index (χ2n) is 4.96. The lowest BCUT2D eigenvalue weighted by Gasteiger charge is -2.23. The molecule has 1 atom stereocenters. The highest BCUT2D eigenvalue weighted by atomic mass is 32.2. The lowest BCUT2D eigenvalue weighted by atomic mass is 9.96. The maximum atomic E-state index is 11.3. The van der Waals surface area contributed by atoms with Crippen molar-refractivity contribution in [2.45, 2.75) is 26.3 Å². The fraction of sp³-hybridized carbons (Fsp3) is 0.571. The minimum absolute atomic E-state index is 0.163. The lowest BCUT2D eigenvalue weighted by Crippen LogP contribution is -2.29. The maximum absolute atomic E-state index is 11.3. The highest BCUT2D eigenvalue weighted by Crippen LogP contribution is 2.20. The van der Waals surface area contributed by atoms with Crippen molar-refractivity contribution in [2.75, 3.05) is 19.3 Å². The van der Waals surface area contributed by atoms with Crippen LogP contribution in [0.1, 0.15) is 31.9 Å². The molecule has 0 heterocycles.